The van der Waals surface area contributed by atoms with E-state index < -0.39 is 10.0 Å². The highest BCUT2D eigenvalue weighted by Gasteiger charge is 2.25. The third-order valence-electron chi connectivity index (χ3n) is 3.33. The van der Waals surface area contributed by atoms with Crippen molar-refractivity contribution in [1.29, 1.82) is 0 Å². The van der Waals surface area contributed by atoms with Gasteiger partial charge in [0.05, 0.1) is 5.75 Å². The minimum atomic E-state index is -3.08. The number of aromatic nitrogens is 2. The van der Waals surface area contributed by atoms with Gasteiger partial charge in [0.2, 0.25) is 10.0 Å². The van der Waals surface area contributed by atoms with Gasteiger partial charge in [-0.05, 0) is 26.0 Å². The van der Waals surface area contributed by atoms with E-state index in [1.54, 1.807) is 11.2 Å². The van der Waals surface area contributed by atoms with E-state index in [2.05, 4.69) is 20.4 Å². The van der Waals surface area contributed by atoms with Crippen molar-refractivity contribution in [3.05, 3.63) is 12.1 Å². The van der Waals surface area contributed by atoms with Gasteiger partial charge in [-0.3, -0.25) is 0 Å². The second-order valence-corrected chi connectivity index (χ2v) is 6.85. The van der Waals surface area contributed by atoms with Crippen molar-refractivity contribution in [3.8, 4) is 0 Å². The molecular formula is C12H21N5O2S. The highest BCUT2D eigenvalue weighted by molar-refractivity contribution is 7.89. The lowest BCUT2D eigenvalue weighted by atomic mass is 10.3. The van der Waals surface area contributed by atoms with E-state index in [0.717, 1.165) is 18.2 Å². The molecule has 0 bridgehead atoms. The number of nitrogens with one attached hydrogen (secondary N) is 1. The smallest absolute Gasteiger partial charge is 0.213 e. The van der Waals surface area contributed by atoms with Crippen LogP contribution in [0.5, 0.6) is 0 Å². The summed E-state index contributed by atoms with van der Waals surface area (Å²) >= 11 is 0. The Kier molecular flexibility index (Phi) is 4.77. The number of hydrogen-bond acceptors (Lipinski definition) is 6. The summed E-state index contributed by atoms with van der Waals surface area (Å²) in [7, 11) is -3.08. The molecule has 0 atom stereocenters. The third kappa shape index (κ3) is 3.37. The fourth-order valence-electron chi connectivity index (χ4n) is 2.15. The van der Waals surface area contributed by atoms with E-state index >= 15 is 0 Å². The lowest BCUT2D eigenvalue weighted by molar-refractivity contribution is 0.384. The zero-order chi connectivity index (χ0) is 14.6. The van der Waals surface area contributed by atoms with Crippen LogP contribution in [0.25, 0.3) is 0 Å². The SMILES string of the molecule is CCNc1ccc(N2CCN(S(=O)(=O)CC)CC2)nn1. The Hall–Kier alpha value is -1.41. The molecule has 1 aliphatic rings. The van der Waals surface area contributed by atoms with E-state index in [-0.39, 0.29) is 5.75 Å². The van der Waals surface area contributed by atoms with Gasteiger partial charge < -0.3 is 10.2 Å². The molecule has 2 rings (SSSR count). The molecule has 8 heteroatoms. The molecule has 1 aromatic rings. The third-order valence-corrected chi connectivity index (χ3v) is 5.21. The van der Waals surface area contributed by atoms with Crippen molar-refractivity contribution < 1.29 is 8.42 Å². The van der Waals surface area contributed by atoms with Crippen molar-refractivity contribution in [3.63, 3.8) is 0 Å². The molecule has 1 aliphatic heterocycles. The molecule has 1 fully saturated rings. The average molecular weight is 299 g/mol. The van der Waals surface area contributed by atoms with E-state index in [4.69, 9.17) is 0 Å². The minimum absolute atomic E-state index is 0.157. The summed E-state index contributed by atoms with van der Waals surface area (Å²) in [5, 5.41) is 11.4. The Bertz CT molecular complexity index is 523. The average Bonchev–Trinajstić information content (AvgIpc) is 2.48. The maximum absolute atomic E-state index is 11.8. The van der Waals surface area contributed by atoms with Crippen LogP contribution in [0.3, 0.4) is 0 Å². The zero-order valence-corrected chi connectivity index (χ0v) is 12.7. The number of nitrogens with zero attached hydrogens (tertiary/aromatic N) is 4. The molecule has 2 heterocycles. The maximum Gasteiger partial charge on any atom is 0.213 e. The van der Waals surface area contributed by atoms with Gasteiger partial charge in [-0.25, -0.2) is 8.42 Å². The summed E-state index contributed by atoms with van der Waals surface area (Å²) in [6.45, 7) is 6.79. The molecule has 0 saturated carbocycles. The van der Waals surface area contributed by atoms with Gasteiger partial charge in [-0.15, -0.1) is 10.2 Å². The highest BCUT2D eigenvalue weighted by atomic mass is 32.2. The quantitative estimate of drug-likeness (QED) is 0.847. The van der Waals surface area contributed by atoms with Crippen molar-refractivity contribution in [2.75, 3.05) is 48.7 Å². The highest BCUT2D eigenvalue weighted by Crippen LogP contribution is 2.15. The Labute approximate surface area is 120 Å². The van der Waals surface area contributed by atoms with Crippen LogP contribution < -0.4 is 10.2 Å². The minimum Gasteiger partial charge on any atom is -0.369 e. The molecule has 0 aliphatic carbocycles. The summed E-state index contributed by atoms with van der Waals surface area (Å²) in [6, 6.07) is 3.80. The topological polar surface area (TPSA) is 78.4 Å². The van der Waals surface area contributed by atoms with Crippen LogP contribution in [-0.2, 0) is 10.0 Å². The summed E-state index contributed by atoms with van der Waals surface area (Å²) in [5.74, 6) is 1.70. The number of anilines is 2. The van der Waals surface area contributed by atoms with E-state index in [1.165, 1.54) is 0 Å². The number of sulfonamides is 1. The molecule has 0 radical (unpaired) electrons. The monoisotopic (exact) mass is 299 g/mol. The lowest BCUT2D eigenvalue weighted by Gasteiger charge is -2.34. The molecule has 7 nitrogen and oxygen atoms in total. The summed E-state index contributed by atoms with van der Waals surface area (Å²) in [5.41, 5.74) is 0. The normalized spacial score (nSPS) is 17.2. The van der Waals surface area contributed by atoms with E-state index in [9.17, 15) is 8.42 Å². The maximum atomic E-state index is 11.8. The molecule has 1 aromatic heterocycles. The second-order valence-electron chi connectivity index (χ2n) is 4.59. The molecule has 1 saturated heterocycles. The Balaban J connectivity index is 1.97. The van der Waals surface area contributed by atoms with E-state index in [1.807, 2.05) is 19.1 Å². The molecule has 1 N–H and O–H groups in total. The van der Waals surface area contributed by atoms with Crippen LogP contribution in [-0.4, -0.2) is 61.4 Å². The fraction of sp³-hybridized carbons (Fsp3) is 0.667. The summed E-state index contributed by atoms with van der Waals surface area (Å²) < 4.78 is 25.1. The van der Waals surface area contributed by atoms with Crippen LogP contribution in [0.15, 0.2) is 12.1 Å². The molecular weight excluding hydrogens is 278 g/mol. The molecule has 0 amide bonds. The first-order valence-electron chi connectivity index (χ1n) is 6.87. The fourth-order valence-corrected chi connectivity index (χ4v) is 3.23. The van der Waals surface area contributed by atoms with Gasteiger partial charge in [-0.2, -0.15) is 4.31 Å². The largest absolute Gasteiger partial charge is 0.369 e. The van der Waals surface area contributed by atoms with Crippen LogP contribution in [0.4, 0.5) is 11.6 Å². The number of piperazine rings is 1. The Morgan fingerprint density at radius 1 is 1.15 bits per heavy atom. The van der Waals surface area contributed by atoms with Crippen LogP contribution in [0, 0.1) is 0 Å². The number of rotatable bonds is 5. The predicted octanol–water partition coefficient (Wildman–Crippen LogP) is 0.380. The van der Waals surface area contributed by atoms with Gasteiger partial charge in [0, 0.05) is 32.7 Å². The number of hydrogen-bond donors (Lipinski definition) is 1. The molecule has 112 valence electrons. The van der Waals surface area contributed by atoms with Crippen molar-refractivity contribution >= 4 is 21.7 Å². The first kappa shape index (κ1) is 15.0. The van der Waals surface area contributed by atoms with Crippen molar-refractivity contribution in [2.45, 2.75) is 13.8 Å². The van der Waals surface area contributed by atoms with Crippen LogP contribution in [0.1, 0.15) is 13.8 Å². The first-order chi connectivity index (χ1) is 9.56. The standard InChI is InChI=1S/C12H21N5O2S/c1-3-13-11-5-6-12(15-14-11)16-7-9-17(10-8-16)20(18,19)4-2/h5-6H,3-4,7-10H2,1-2H3,(H,13,14). The van der Waals surface area contributed by atoms with E-state index in [0.29, 0.717) is 26.2 Å². The zero-order valence-electron chi connectivity index (χ0n) is 11.9. The molecule has 0 aromatic carbocycles. The van der Waals surface area contributed by atoms with Gasteiger partial charge in [0.1, 0.15) is 5.82 Å². The van der Waals surface area contributed by atoms with Crippen LogP contribution in [0.2, 0.25) is 0 Å². The van der Waals surface area contributed by atoms with Crippen molar-refractivity contribution in [2.24, 2.45) is 0 Å². The lowest BCUT2D eigenvalue weighted by Crippen LogP contribution is -2.49. The van der Waals surface area contributed by atoms with Crippen LogP contribution >= 0.6 is 0 Å². The second kappa shape index (κ2) is 6.36. The van der Waals surface area contributed by atoms with Gasteiger partial charge in [0.15, 0.2) is 5.82 Å². The summed E-state index contributed by atoms with van der Waals surface area (Å²) in [4.78, 5) is 2.06. The summed E-state index contributed by atoms with van der Waals surface area (Å²) in [6.07, 6.45) is 0. The molecule has 0 unspecified atom stereocenters. The Morgan fingerprint density at radius 2 is 1.85 bits per heavy atom. The first-order valence-corrected chi connectivity index (χ1v) is 8.48. The van der Waals surface area contributed by atoms with Gasteiger partial charge in [0.25, 0.3) is 0 Å². The van der Waals surface area contributed by atoms with Gasteiger partial charge >= 0.3 is 0 Å². The van der Waals surface area contributed by atoms with Crippen molar-refractivity contribution in [1.82, 2.24) is 14.5 Å². The van der Waals surface area contributed by atoms with Gasteiger partial charge in [-0.1, -0.05) is 0 Å². The Morgan fingerprint density at radius 3 is 2.35 bits per heavy atom. The molecule has 20 heavy (non-hydrogen) atoms. The predicted molar refractivity (Wildman–Crippen MR) is 79.4 cm³/mol. The molecule has 0 spiro atoms.